The van der Waals surface area contributed by atoms with Crippen LogP contribution in [0.25, 0.3) is 11.0 Å². The predicted octanol–water partition coefficient (Wildman–Crippen LogP) is 1.40. The van der Waals surface area contributed by atoms with Gasteiger partial charge in [-0.05, 0) is 0 Å². The van der Waals surface area contributed by atoms with Crippen molar-refractivity contribution in [2.24, 2.45) is 0 Å². The topological polar surface area (TPSA) is 67.0 Å². The van der Waals surface area contributed by atoms with Crippen LogP contribution in [0.15, 0.2) is 48.5 Å². The van der Waals surface area contributed by atoms with Crippen molar-refractivity contribution in [3.05, 3.63) is 48.5 Å². The van der Waals surface area contributed by atoms with E-state index < -0.39 is 6.09 Å². The standard InChI is InChI=1S/C15H13N3O2Se/c1-20-15(19)18-14-16-12-8-7-11(9-13(12)17-14)21-10-5-3-2-4-6-10/h2-9H,1H3,(H2,16,17,18,19). The summed E-state index contributed by atoms with van der Waals surface area (Å²) in [6.07, 6.45) is -0.539. The number of aromatic nitrogens is 2. The molecule has 106 valence electrons. The minimum absolute atomic E-state index is 0.240. The molecule has 21 heavy (non-hydrogen) atoms. The number of carbonyl (C=O) groups is 1. The molecule has 5 nitrogen and oxygen atoms in total. The number of hydrogen-bond acceptors (Lipinski definition) is 3. The Balaban J connectivity index is 1.84. The molecule has 0 saturated carbocycles. The van der Waals surface area contributed by atoms with E-state index in [9.17, 15) is 4.79 Å². The van der Waals surface area contributed by atoms with Crippen molar-refractivity contribution >= 4 is 47.0 Å². The third-order valence-electron chi connectivity index (χ3n) is 2.84. The van der Waals surface area contributed by atoms with E-state index >= 15 is 0 Å². The summed E-state index contributed by atoms with van der Waals surface area (Å²) in [5.74, 6) is 0.390. The number of fused-ring (bicyclic) bond motifs is 1. The van der Waals surface area contributed by atoms with E-state index in [2.05, 4.69) is 38.2 Å². The molecule has 0 aliphatic carbocycles. The number of benzene rings is 2. The summed E-state index contributed by atoms with van der Waals surface area (Å²) in [6, 6.07) is 16.5. The average Bonchev–Trinajstić information content (AvgIpc) is 2.89. The number of H-pyrrole nitrogens is 1. The number of rotatable bonds is 3. The quantitative estimate of drug-likeness (QED) is 0.705. The van der Waals surface area contributed by atoms with E-state index in [4.69, 9.17) is 0 Å². The second kappa shape index (κ2) is 5.99. The molecular weight excluding hydrogens is 333 g/mol. The first kappa shape index (κ1) is 13.7. The normalized spacial score (nSPS) is 10.5. The van der Waals surface area contributed by atoms with Crippen LogP contribution in [0.3, 0.4) is 0 Å². The van der Waals surface area contributed by atoms with Gasteiger partial charge in [-0.25, -0.2) is 0 Å². The maximum atomic E-state index is 11.2. The SMILES string of the molecule is COC(=O)Nc1nc2cc([Se]c3ccccc3)ccc2[nH]1. The van der Waals surface area contributed by atoms with Gasteiger partial charge in [-0.1, -0.05) is 0 Å². The first-order valence-electron chi connectivity index (χ1n) is 6.32. The van der Waals surface area contributed by atoms with Gasteiger partial charge in [0.15, 0.2) is 0 Å². The van der Waals surface area contributed by atoms with Crippen LogP contribution in [0, 0.1) is 0 Å². The van der Waals surface area contributed by atoms with Gasteiger partial charge in [0.2, 0.25) is 0 Å². The Bertz CT molecular complexity index is 771. The fourth-order valence-corrected chi connectivity index (χ4v) is 3.71. The fourth-order valence-electron chi connectivity index (χ4n) is 1.88. The fraction of sp³-hybridized carbons (Fsp3) is 0.0667. The van der Waals surface area contributed by atoms with Crippen LogP contribution < -0.4 is 14.2 Å². The van der Waals surface area contributed by atoms with Gasteiger partial charge < -0.3 is 0 Å². The van der Waals surface area contributed by atoms with Gasteiger partial charge in [-0.2, -0.15) is 0 Å². The van der Waals surface area contributed by atoms with E-state index in [1.807, 2.05) is 30.3 Å². The van der Waals surface area contributed by atoms with E-state index in [1.165, 1.54) is 16.0 Å². The van der Waals surface area contributed by atoms with E-state index in [0.717, 1.165) is 11.0 Å². The Kier molecular flexibility index (Phi) is 3.90. The molecule has 0 spiro atoms. The van der Waals surface area contributed by atoms with Gasteiger partial charge in [0.05, 0.1) is 0 Å². The van der Waals surface area contributed by atoms with Crippen LogP contribution in [0.5, 0.6) is 0 Å². The van der Waals surface area contributed by atoms with E-state index in [1.54, 1.807) is 0 Å². The summed E-state index contributed by atoms with van der Waals surface area (Å²) >= 11 is 0.240. The molecule has 0 unspecified atom stereocenters. The molecule has 2 aromatic carbocycles. The van der Waals surface area contributed by atoms with Crippen molar-refractivity contribution in [2.75, 3.05) is 12.4 Å². The number of anilines is 1. The Morgan fingerprint density at radius 2 is 2.00 bits per heavy atom. The van der Waals surface area contributed by atoms with Gasteiger partial charge in [0.1, 0.15) is 0 Å². The third-order valence-corrected chi connectivity index (χ3v) is 4.93. The van der Waals surface area contributed by atoms with Crippen molar-refractivity contribution in [2.45, 2.75) is 0 Å². The molecule has 3 aromatic rings. The molecule has 2 N–H and O–H groups in total. The number of aromatic amines is 1. The van der Waals surface area contributed by atoms with Crippen LogP contribution in [-0.4, -0.2) is 38.1 Å². The first-order chi connectivity index (χ1) is 10.2. The number of hydrogen-bond donors (Lipinski definition) is 2. The maximum absolute atomic E-state index is 11.2. The van der Waals surface area contributed by atoms with Gasteiger partial charge in [0, 0.05) is 0 Å². The zero-order chi connectivity index (χ0) is 14.7. The Morgan fingerprint density at radius 3 is 2.76 bits per heavy atom. The molecule has 1 heterocycles. The summed E-state index contributed by atoms with van der Waals surface area (Å²) in [5, 5.41) is 2.53. The Morgan fingerprint density at radius 1 is 1.19 bits per heavy atom. The summed E-state index contributed by atoms with van der Waals surface area (Å²) in [4.78, 5) is 18.6. The van der Waals surface area contributed by atoms with Gasteiger partial charge in [0.25, 0.3) is 0 Å². The second-order valence-electron chi connectivity index (χ2n) is 4.30. The number of carbonyl (C=O) groups excluding carboxylic acids is 1. The van der Waals surface area contributed by atoms with Crippen LogP contribution >= 0.6 is 0 Å². The molecule has 0 saturated heterocycles. The van der Waals surface area contributed by atoms with Crippen molar-refractivity contribution < 1.29 is 9.53 Å². The monoisotopic (exact) mass is 347 g/mol. The van der Waals surface area contributed by atoms with Gasteiger partial charge in [-0.15, -0.1) is 0 Å². The van der Waals surface area contributed by atoms with Crippen molar-refractivity contribution in [3.63, 3.8) is 0 Å². The van der Waals surface area contributed by atoms with Crippen molar-refractivity contribution in [1.29, 1.82) is 0 Å². The summed E-state index contributed by atoms with van der Waals surface area (Å²) in [7, 11) is 1.32. The van der Waals surface area contributed by atoms with Crippen molar-refractivity contribution in [1.82, 2.24) is 9.97 Å². The molecule has 1 amide bonds. The zero-order valence-electron chi connectivity index (χ0n) is 11.3. The molecule has 0 aliphatic heterocycles. The molecule has 3 rings (SSSR count). The molecule has 6 heteroatoms. The molecule has 0 atom stereocenters. The molecule has 0 aliphatic rings. The average molecular weight is 346 g/mol. The number of nitrogens with zero attached hydrogens (tertiary/aromatic N) is 1. The Hall–Kier alpha value is -2.30. The van der Waals surface area contributed by atoms with Crippen LogP contribution in [0.4, 0.5) is 10.7 Å². The molecule has 0 radical (unpaired) electrons. The number of nitrogens with one attached hydrogen (secondary N) is 2. The van der Waals surface area contributed by atoms with Gasteiger partial charge in [-0.3, -0.25) is 0 Å². The Labute approximate surface area is 127 Å². The number of ether oxygens (including phenoxy) is 1. The summed E-state index contributed by atoms with van der Waals surface area (Å²) < 4.78 is 7.09. The molecule has 0 bridgehead atoms. The first-order valence-corrected chi connectivity index (χ1v) is 8.03. The zero-order valence-corrected chi connectivity index (χ0v) is 13.0. The summed E-state index contributed by atoms with van der Waals surface area (Å²) in [5.41, 5.74) is 1.71. The predicted molar refractivity (Wildman–Crippen MR) is 83.6 cm³/mol. The number of imidazole rings is 1. The number of amides is 1. The van der Waals surface area contributed by atoms with Crippen LogP contribution in [0.2, 0.25) is 0 Å². The van der Waals surface area contributed by atoms with Gasteiger partial charge >= 0.3 is 127 Å². The summed E-state index contributed by atoms with van der Waals surface area (Å²) in [6.45, 7) is 0. The van der Waals surface area contributed by atoms with E-state index in [0.29, 0.717) is 5.95 Å². The molecule has 0 fully saturated rings. The van der Waals surface area contributed by atoms with Crippen molar-refractivity contribution in [3.8, 4) is 0 Å². The third kappa shape index (κ3) is 3.24. The van der Waals surface area contributed by atoms with E-state index in [-0.39, 0.29) is 15.0 Å². The van der Waals surface area contributed by atoms with Crippen LogP contribution in [-0.2, 0) is 4.74 Å². The second-order valence-corrected chi connectivity index (χ2v) is 6.70. The number of methoxy groups -OCH3 is 1. The minimum atomic E-state index is -0.539. The van der Waals surface area contributed by atoms with Crippen LogP contribution in [0.1, 0.15) is 0 Å². The molecule has 1 aromatic heterocycles. The molecular formula is C15H13N3O2Se.